The van der Waals surface area contributed by atoms with E-state index in [0.29, 0.717) is 23.8 Å². The summed E-state index contributed by atoms with van der Waals surface area (Å²) in [5.74, 6) is 2.11. The monoisotopic (exact) mass is 421 g/mol. The fraction of sp³-hybridized carbons (Fsp3) is 0.667. The molecule has 1 aliphatic carbocycles. The van der Waals surface area contributed by atoms with Crippen molar-refractivity contribution < 1.29 is 4.79 Å². The second-order valence-corrected chi connectivity index (χ2v) is 11.7. The molecule has 7 heteroatoms. The summed E-state index contributed by atoms with van der Waals surface area (Å²) in [6, 6.07) is 0. The van der Waals surface area contributed by atoms with Crippen LogP contribution in [0.15, 0.2) is 4.79 Å². The van der Waals surface area contributed by atoms with Crippen molar-refractivity contribution >= 4 is 39.2 Å². The number of fused-ring (bicyclic) bond motifs is 3. The maximum absolute atomic E-state index is 12.5. The van der Waals surface area contributed by atoms with Gasteiger partial charge in [-0.25, -0.2) is 4.98 Å². The summed E-state index contributed by atoms with van der Waals surface area (Å²) in [7, 11) is 0. The number of aryl methyl sites for hydroxylation is 2. The van der Waals surface area contributed by atoms with Gasteiger partial charge in [-0.15, -0.1) is 11.3 Å². The van der Waals surface area contributed by atoms with Crippen LogP contribution in [-0.2, 0) is 23.4 Å². The molecular formula is C21H31N3O2S2. The van der Waals surface area contributed by atoms with Crippen LogP contribution in [0.5, 0.6) is 0 Å². The Hall–Kier alpha value is -1.34. The first-order valence-electron chi connectivity index (χ1n) is 9.96. The minimum Gasteiger partial charge on any atom is -0.351 e. The van der Waals surface area contributed by atoms with Gasteiger partial charge in [0.2, 0.25) is 5.91 Å². The molecule has 0 saturated carbocycles. The molecule has 0 aliphatic heterocycles. The lowest BCUT2D eigenvalue weighted by Gasteiger charge is -2.33. The van der Waals surface area contributed by atoms with Gasteiger partial charge in [0.1, 0.15) is 10.7 Å². The molecule has 2 aromatic heterocycles. The van der Waals surface area contributed by atoms with Gasteiger partial charge in [-0.2, -0.15) is 11.8 Å². The maximum Gasteiger partial charge on any atom is 0.259 e. The Morgan fingerprint density at radius 1 is 1.25 bits per heavy atom. The van der Waals surface area contributed by atoms with Gasteiger partial charge in [-0.3, -0.25) is 9.59 Å². The number of aromatic amines is 1. The number of aromatic nitrogens is 2. The van der Waals surface area contributed by atoms with E-state index in [1.165, 1.54) is 10.4 Å². The molecule has 0 spiro atoms. The van der Waals surface area contributed by atoms with Crippen molar-refractivity contribution in [3.63, 3.8) is 0 Å². The quantitative estimate of drug-likeness (QED) is 0.649. The van der Waals surface area contributed by atoms with E-state index in [2.05, 4.69) is 49.9 Å². The van der Waals surface area contributed by atoms with Gasteiger partial charge in [0, 0.05) is 22.6 Å². The number of amides is 1. The Balaban J connectivity index is 1.50. The van der Waals surface area contributed by atoms with Crippen LogP contribution in [0.1, 0.15) is 70.1 Å². The number of H-pyrrole nitrogens is 1. The topological polar surface area (TPSA) is 74.8 Å². The molecule has 28 heavy (non-hydrogen) atoms. The highest BCUT2D eigenvalue weighted by molar-refractivity contribution is 7.98. The van der Waals surface area contributed by atoms with Gasteiger partial charge in [-0.05, 0) is 50.5 Å². The molecule has 0 aromatic carbocycles. The van der Waals surface area contributed by atoms with Gasteiger partial charge in [-0.1, -0.05) is 20.8 Å². The van der Waals surface area contributed by atoms with Crippen molar-refractivity contribution in [2.24, 2.45) is 5.41 Å². The number of hydrogen-bond donors (Lipinski definition) is 2. The van der Waals surface area contributed by atoms with Crippen molar-refractivity contribution in [3.8, 4) is 0 Å². The number of rotatable bonds is 7. The maximum atomic E-state index is 12.5. The van der Waals surface area contributed by atoms with Crippen molar-refractivity contribution in [1.82, 2.24) is 15.3 Å². The van der Waals surface area contributed by atoms with E-state index in [1.54, 1.807) is 23.1 Å². The van der Waals surface area contributed by atoms with Crippen molar-refractivity contribution in [3.05, 3.63) is 26.6 Å². The molecule has 2 N–H and O–H groups in total. The first-order valence-corrected chi connectivity index (χ1v) is 11.9. The first kappa shape index (κ1) is 21.4. The zero-order valence-electron chi connectivity index (χ0n) is 17.5. The van der Waals surface area contributed by atoms with E-state index in [4.69, 9.17) is 0 Å². The summed E-state index contributed by atoms with van der Waals surface area (Å²) in [5, 5.41) is 3.94. The molecule has 0 unspecified atom stereocenters. The molecule has 0 atom stereocenters. The highest BCUT2D eigenvalue weighted by Crippen LogP contribution is 2.34. The molecule has 0 fully saturated rings. The molecule has 0 saturated heterocycles. The van der Waals surface area contributed by atoms with Crippen LogP contribution in [-0.4, -0.2) is 27.2 Å². The molecule has 2 heterocycles. The average molecular weight is 422 g/mol. The molecule has 3 rings (SSSR count). The minimum atomic E-state index is -0.211. The SMILES string of the molecule is CC(C)(C)CC(C)(C)NC(=O)CCSCc1nc2sc3c(c2c(=O)[nH]1)CCC3. The molecule has 5 nitrogen and oxygen atoms in total. The molecular weight excluding hydrogens is 390 g/mol. The van der Waals surface area contributed by atoms with Gasteiger partial charge in [0.25, 0.3) is 5.56 Å². The Bertz CT molecular complexity index is 922. The Morgan fingerprint density at radius 2 is 2.00 bits per heavy atom. The minimum absolute atomic E-state index is 0.0123. The number of thiophene rings is 1. The molecule has 154 valence electrons. The molecule has 0 radical (unpaired) electrons. The van der Waals surface area contributed by atoms with E-state index >= 15 is 0 Å². The smallest absolute Gasteiger partial charge is 0.259 e. The average Bonchev–Trinajstić information content (AvgIpc) is 3.08. The summed E-state index contributed by atoms with van der Waals surface area (Å²) in [6.07, 6.45) is 4.60. The lowest BCUT2D eigenvalue weighted by atomic mass is 9.82. The fourth-order valence-corrected chi connectivity index (χ4v) is 6.34. The van der Waals surface area contributed by atoms with Crippen LogP contribution in [0, 0.1) is 5.41 Å². The van der Waals surface area contributed by atoms with Gasteiger partial charge < -0.3 is 10.3 Å². The highest BCUT2D eigenvalue weighted by Gasteiger charge is 2.26. The van der Waals surface area contributed by atoms with Crippen LogP contribution >= 0.6 is 23.1 Å². The van der Waals surface area contributed by atoms with Crippen molar-refractivity contribution in [1.29, 1.82) is 0 Å². The second kappa shape index (κ2) is 8.19. The van der Waals surface area contributed by atoms with E-state index < -0.39 is 0 Å². The zero-order chi connectivity index (χ0) is 20.5. The summed E-state index contributed by atoms with van der Waals surface area (Å²) in [4.78, 5) is 34.5. The van der Waals surface area contributed by atoms with Crippen LogP contribution < -0.4 is 10.9 Å². The summed E-state index contributed by atoms with van der Waals surface area (Å²) < 4.78 is 0. The fourth-order valence-electron chi connectivity index (χ4n) is 4.26. The number of nitrogens with one attached hydrogen (secondary N) is 2. The number of carbonyl (C=O) groups is 1. The van der Waals surface area contributed by atoms with E-state index in [1.807, 2.05) is 0 Å². The Labute approximate surface area is 175 Å². The van der Waals surface area contributed by atoms with Gasteiger partial charge in [0.15, 0.2) is 0 Å². The largest absolute Gasteiger partial charge is 0.351 e. The number of thioether (sulfide) groups is 1. The molecule has 0 bridgehead atoms. The van der Waals surface area contributed by atoms with Gasteiger partial charge >= 0.3 is 0 Å². The predicted octanol–water partition coefficient (Wildman–Crippen LogP) is 4.43. The van der Waals surface area contributed by atoms with E-state index in [-0.39, 0.29) is 22.4 Å². The lowest BCUT2D eigenvalue weighted by molar-refractivity contribution is -0.122. The highest BCUT2D eigenvalue weighted by atomic mass is 32.2. The van der Waals surface area contributed by atoms with E-state index in [0.717, 1.165) is 35.9 Å². The van der Waals surface area contributed by atoms with Crippen LogP contribution in [0.25, 0.3) is 10.2 Å². The predicted molar refractivity (Wildman–Crippen MR) is 119 cm³/mol. The third-order valence-corrected chi connectivity index (χ3v) is 6.94. The normalized spacial score (nSPS) is 14.5. The molecule has 1 aliphatic rings. The summed E-state index contributed by atoms with van der Waals surface area (Å²) in [5.41, 5.74) is 1.16. The Morgan fingerprint density at radius 3 is 2.71 bits per heavy atom. The first-order chi connectivity index (χ1) is 13.0. The summed E-state index contributed by atoms with van der Waals surface area (Å²) >= 11 is 3.30. The molecule has 1 amide bonds. The van der Waals surface area contributed by atoms with Gasteiger partial charge in [0.05, 0.1) is 11.1 Å². The number of carbonyl (C=O) groups excluding carboxylic acids is 1. The Kier molecular flexibility index (Phi) is 6.25. The standard InChI is InChI=1S/C21H31N3O2S2/c1-20(2,3)12-21(4,5)24-16(25)9-10-27-11-15-22-18(26)17-13-7-6-8-14(13)28-19(17)23-15/h6-12H2,1-5H3,(H,24,25)(H,22,23,26). The second-order valence-electron chi connectivity index (χ2n) is 9.52. The molecule has 2 aromatic rings. The van der Waals surface area contributed by atoms with Crippen LogP contribution in [0.4, 0.5) is 0 Å². The van der Waals surface area contributed by atoms with Crippen molar-refractivity contribution in [2.75, 3.05) is 5.75 Å². The zero-order valence-corrected chi connectivity index (χ0v) is 19.2. The summed E-state index contributed by atoms with van der Waals surface area (Å²) in [6.45, 7) is 10.7. The van der Waals surface area contributed by atoms with Crippen LogP contribution in [0.3, 0.4) is 0 Å². The van der Waals surface area contributed by atoms with Crippen LogP contribution in [0.2, 0.25) is 0 Å². The van der Waals surface area contributed by atoms with Crippen molar-refractivity contribution in [2.45, 2.75) is 78.0 Å². The van der Waals surface area contributed by atoms with E-state index in [9.17, 15) is 9.59 Å². The number of hydrogen-bond acceptors (Lipinski definition) is 5. The third-order valence-electron chi connectivity index (χ3n) is 4.79. The third kappa shape index (κ3) is 5.38. The lowest BCUT2D eigenvalue weighted by Crippen LogP contribution is -2.45. The number of nitrogens with zero attached hydrogens (tertiary/aromatic N) is 1.